The molecular weight excluding hydrogens is 308 g/mol. The van der Waals surface area contributed by atoms with Gasteiger partial charge in [0, 0.05) is 11.5 Å². The standard InChI is InChI=1S/C14H9BrN2O2/c15-8-9-5-6-16-12(7-9)17-13(18)10-3-1-2-4-11(10)14(17)19/h1-7H,8H2. The van der Waals surface area contributed by atoms with Gasteiger partial charge in [-0.15, -0.1) is 0 Å². The zero-order chi connectivity index (χ0) is 13.4. The molecule has 2 heterocycles. The number of alkyl halides is 1. The van der Waals surface area contributed by atoms with Crippen molar-refractivity contribution in [2.75, 3.05) is 4.90 Å². The molecule has 0 fully saturated rings. The Morgan fingerprint density at radius 3 is 2.26 bits per heavy atom. The summed E-state index contributed by atoms with van der Waals surface area (Å²) in [6, 6.07) is 10.4. The molecule has 1 aromatic carbocycles. The maximum atomic E-state index is 12.3. The van der Waals surface area contributed by atoms with Gasteiger partial charge in [-0.25, -0.2) is 9.88 Å². The maximum Gasteiger partial charge on any atom is 0.267 e. The van der Waals surface area contributed by atoms with Gasteiger partial charge in [-0.05, 0) is 29.8 Å². The van der Waals surface area contributed by atoms with Crippen molar-refractivity contribution in [1.82, 2.24) is 4.98 Å². The molecule has 0 saturated carbocycles. The van der Waals surface area contributed by atoms with E-state index >= 15 is 0 Å². The number of carbonyl (C=O) groups is 2. The van der Waals surface area contributed by atoms with E-state index < -0.39 is 0 Å². The van der Waals surface area contributed by atoms with Gasteiger partial charge in [0.2, 0.25) is 0 Å². The predicted octanol–water partition coefficient (Wildman–Crippen LogP) is 2.78. The largest absolute Gasteiger partial charge is 0.268 e. The Hall–Kier alpha value is -2.01. The average Bonchev–Trinajstić information content (AvgIpc) is 2.72. The van der Waals surface area contributed by atoms with Crippen LogP contribution in [0.25, 0.3) is 0 Å². The Labute approximate surface area is 118 Å². The van der Waals surface area contributed by atoms with E-state index in [1.807, 2.05) is 6.07 Å². The van der Waals surface area contributed by atoms with Crippen molar-refractivity contribution in [3.8, 4) is 0 Å². The summed E-state index contributed by atoms with van der Waals surface area (Å²) in [6.45, 7) is 0. The molecule has 94 valence electrons. The fourth-order valence-corrected chi connectivity index (χ4v) is 2.41. The molecule has 1 aliphatic rings. The number of anilines is 1. The first-order chi connectivity index (χ1) is 9.22. The summed E-state index contributed by atoms with van der Waals surface area (Å²) in [6.07, 6.45) is 1.59. The third-order valence-electron chi connectivity index (χ3n) is 2.99. The van der Waals surface area contributed by atoms with Crippen LogP contribution >= 0.6 is 15.9 Å². The van der Waals surface area contributed by atoms with Crippen LogP contribution in [0.1, 0.15) is 26.3 Å². The van der Waals surface area contributed by atoms with Gasteiger partial charge < -0.3 is 0 Å². The predicted molar refractivity (Wildman–Crippen MR) is 74.5 cm³/mol. The van der Waals surface area contributed by atoms with E-state index in [1.165, 1.54) is 0 Å². The SMILES string of the molecule is O=C1c2ccccc2C(=O)N1c1cc(CBr)ccn1. The Morgan fingerprint density at radius 1 is 1.05 bits per heavy atom. The zero-order valence-corrected chi connectivity index (χ0v) is 11.4. The van der Waals surface area contributed by atoms with E-state index in [9.17, 15) is 9.59 Å². The molecule has 0 aliphatic carbocycles. The van der Waals surface area contributed by atoms with E-state index in [0.717, 1.165) is 10.5 Å². The summed E-state index contributed by atoms with van der Waals surface area (Å²) < 4.78 is 0. The van der Waals surface area contributed by atoms with Crippen molar-refractivity contribution in [3.63, 3.8) is 0 Å². The molecule has 0 N–H and O–H groups in total. The molecule has 4 nitrogen and oxygen atoms in total. The van der Waals surface area contributed by atoms with Crippen LogP contribution in [0.15, 0.2) is 42.6 Å². The number of pyridine rings is 1. The first kappa shape index (κ1) is 12.0. The van der Waals surface area contributed by atoms with Crippen molar-refractivity contribution >= 4 is 33.6 Å². The highest BCUT2D eigenvalue weighted by Crippen LogP contribution is 2.27. The lowest BCUT2D eigenvalue weighted by Crippen LogP contribution is -2.30. The minimum absolute atomic E-state index is 0.320. The quantitative estimate of drug-likeness (QED) is 0.632. The minimum atomic E-state index is -0.320. The van der Waals surface area contributed by atoms with Crippen LogP contribution in [0.2, 0.25) is 0 Å². The van der Waals surface area contributed by atoms with E-state index in [4.69, 9.17) is 0 Å². The number of halogens is 1. The fourth-order valence-electron chi connectivity index (χ4n) is 2.06. The molecule has 1 aromatic heterocycles. The van der Waals surface area contributed by atoms with Crippen LogP contribution in [0, 0.1) is 0 Å². The molecule has 2 amide bonds. The van der Waals surface area contributed by atoms with Gasteiger partial charge in [0.15, 0.2) is 0 Å². The van der Waals surface area contributed by atoms with E-state index in [0.29, 0.717) is 22.3 Å². The number of rotatable bonds is 2. The Kier molecular flexibility index (Phi) is 2.91. The molecule has 19 heavy (non-hydrogen) atoms. The summed E-state index contributed by atoms with van der Waals surface area (Å²) in [5, 5.41) is 0.645. The number of hydrogen-bond acceptors (Lipinski definition) is 3. The number of aromatic nitrogens is 1. The van der Waals surface area contributed by atoms with Crippen LogP contribution in [0.4, 0.5) is 5.82 Å². The summed E-state index contributed by atoms with van der Waals surface area (Å²) in [5.41, 5.74) is 1.82. The van der Waals surface area contributed by atoms with E-state index in [-0.39, 0.29) is 11.8 Å². The van der Waals surface area contributed by atoms with Crippen molar-refractivity contribution in [2.45, 2.75) is 5.33 Å². The zero-order valence-electron chi connectivity index (χ0n) is 9.84. The third kappa shape index (κ3) is 1.86. The van der Waals surface area contributed by atoms with Crippen LogP contribution in [0.3, 0.4) is 0 Å². The molecule has 5 heteroatoms. The van der Waals surface area contributed by atoms with Crippen LogP contribution in [-0.2, 0) is 5.33 Å². The monoisotopic (exact) mass is 316 g/mol. The second-order valence-electron chi connectivity index (χ2n) is 4.15. The summed E-state index contributed by atoms with van der Waals surface area (Å²) >= 11 is 3.34. The van der Waals surface area contributed by atoms with Crippen molar-refractivity contribution in [1.29, 1.82) is 0 Å². The minimum Gasteiger partial charge on any atom is -0.268 e. The van der Waals surface area contributed by atoms with Gasteiger partial charge in [-0.1, -0.05) is 28.1 Å². The summed E-state index contributed by atoms with van der Waals surface area (Å²) in [5.74, 6) is -0.275. The number of hydrogen-bond donors (Lipinski definition) is 0. The molecule has 0 atom stereocenters. The van der Waals surface area contributed by atoms with Gasteiger partial charge in [-0.3, -0.25) is 9.59 Å². The lowest BCUT2D eigenvalue weighted by Gasteiger charge is -2.13. The van der Waals surface area contributed by atoms with Crippen LogP contribution < -0.4 is 4.90 Å². The van der Waals surface area contributed by atoms with Gasteiger partial charge in [0.25, 0.3) is 11.8 Å². The van der Waals surface area contributed by atoms with Crippen molar-refractivity contribution in [2.24, 2.45) is 0 Å². The molecule has 0 saturated heterocycles. The average molecular weight is 317 g/mol. The number of nitrogens with zero attached hydrogens (tertiary/aromatic N) is 2. The van der Waals surface area contributed by atoms with Gasteiger partial charge >= 0.3 is 0 Å². The first-order valence-corrected chi connectivity index (χ1v) is 6.83. The van der Waals surface area contributed by atoms with Crippen LogP contribution in [-0.4, -0.2) is 16.8 Å². The lowest BCUT2D eigenvalue weighted by atomic mass is 10.1. The number of amides is 2. The molecule has 0 spiro atoms. The normalized spacial score (nSPS) is 13.8. The first-order valence-electron chi connectivity index (χ1n) is 5.71. The van der Waals surface area contributed by atoms with E-state index in [2.05, 4.69) is 20.9 Å². The molecule has 0 bridgehead atoms. The fraction of sp³-hybridized carbons (Fsp3) is 0.0714. The lowest BCUT2D eigenvalue weighted by molar-refractivity contribution is 0.0925. The highest BCUT2D eigenvalue weighted by atomic mass is 79.9. The Balaban J connectivity index is 2.08. The number of fused-ring (bicyclic) bond motifs is 1. The Bertz CT molecular complexity index is 650. The molecule has 0 unspecified atom stereocenters. The van der Waals surface area contributed by atoms with Crippen molar-refractivity contribution < 1.29 is 9.59 Å². The highest BCUT2D eigenvalue weighted by molar-refractivity contribution is 9.08. The summed E-state index contributed by atoms with van der Waals surface area (Å²) in [4.78, 5) is 29.8. The number of carbonyl (C=O) groups excluding carboxylic acids is 2. The summed E-state index contributed by atoms with van der Waals surface area (Å²) in [7, 11) is 0. The molecule has 3 rings (SSSR count). The van der Waals surface area contributed by atoms with E-state index in [1.54, 1.807) is 36.5 Å². The Morgan fingerprint density at radius 2 is 1.68 bits per heavy atom. The molecule has 0 radical (unpaired) electrons. The molecule has 1 aliphatic heterocycles. The number of benzene rings is 1. The molecule has 2 aromatic rings. The smallest absolute Gasteiger partial charge is 0.267 e. The van der Waals surface area contributed by atoms with Crippen molar-refractivity contribution in [3.05, 3.63) is 59.3 Å². The van der Waals surface area contributed by atoms with Gasteiger partial charge in [0.05, 0.1) is 11.1 Å². The maximum absolute atomic E-state index is 12.3. The van der Waals surface area contributed by atoms with Gasteiger partial charge in [-0.2, -0.15) is 0 Å². The number of imide groups is 1. The molecular formula is C14H9BrN2O2. The second-order valence-corrected chi connectivity index (χ2v) is 4.71. The van der Waals surface area contributed by atoms with Gasteiger partial charge in [0.1, 0.15) is 5.82 Å². The topological polar surface area (TPSA) is 50.3 Å². The second kappa shape index (κ2) is 4.59. The highest BCUT2D eigenvalue weighted by Gasteiger charge is 2.36. The third-order valence-corrected chi connectivity index (χ3v) is 3.63. The van der Waals surface area contributed by atoms with Crippen LogP contribution in [0.5, 0.6) is 0 Å².